The van der Waals surface area contributed by atoms with Crippen LogP contribution in [0.5, 0.6) is 0 Å². The fourth-order valence-corrected chi connectivity index (χ4v) is 3.65. The molecule has 0 aliphatic heterocycles. The molecule has 0 N–H and O–H groups in total. The van der Waals surface area contributed by atoms with Crippen molar-refractivity contribution in [1.29, 1.82) is 0 Å². The van der Waals surface area contributed by atoms with E-state index >= 15 is 0 Å². The molecule has 0 unspecified atom stereocenters. The van der Waals surface area contributed by atoms with E-state index in [1.54, 1.807) is 0 Å². The Morgan fingerprint density at radius 3 is 1.08 bits per heavy atom. The smallest absolute Gasteiger partial charge is 0.0961 e. The summed E-state index contributed by atoms with van der Waals surface area (Å²) in [4.78, 5) is 0. The molecule has 0 atom stereocenters. The summed E-state index contributed by atoms with van der Waals surface area (Å²) in [7, 11) is 6.80. The van der Waals surface area contributed by atoms with Crippen molar-refractivity contribution in [3.05, 3.63) is 108 Å². The van der Waals surface area contributed by atoms with Gasteiger partial charge in [0.1, 0.15) is 0 Å². The predicted molar refractivity (Wildman–Crippen MR) is 102 cm³/mol. The molecular formula is C23H26N+. The largest absolute Gasteiger partial charge is 0.330 e. The van der Waals surface area contributed by atoms with Gasteiger partial charge in [-0.05, 0) is 16.7 Å². The number of quaternary nitrogens is 1. The molecule has 0 amide bonds. The highest BCUT2D eigenvalue weighted by Crippen LogP contribution is 2.40. The lowest BCUT2D eigenvalue weighted by Crippen LogP contribution is -2.48. The van der Waals surface area contributed by atoms with E-state index in [-0.39, 0.29) is 5.41 Å². The second kappa shape index (κ2) is 6.62. The van der Waals surface area contributed by atoms with Crippen LogP contribution >= 0.6 is 0 Å². The lowest BCUT2D eigenvalue weighted by atomic mass is 9.69. The maximum atomic E-state index is 2.27. The molecule has 3 rings (SSSR count). The van der Waals surface area contributed by atoms with Crippen LogP contribution in [0, 0.1) is 0 Å². The first kappa shape index (κ1) is 16.5. The topological polar surface area (TPSA) is 0 Å². The molecule has 0 aliphatic carbocycles. The summed E-state index contributed by atoms with van der Waals surface area (Å²) < 4.78 is 0.888. The van der Waals surface area contributed by atoms with Gasteiger partial charge in [0.05, 0.1) is 33.1 Å². The van der Waals surface area contributed by atoms with Crippen LogP contribution in [0.4, 0.5) is 0 Å². The van der Waals surface area contributed by atoms with Gasteiger partial charge in [-0.2, -0.15) is 0 Å². The number of hydrogen-bond acceptors (Lipinski definition) is 0. The van der Waals surface area contributed by atoms with E-state index in [1.807, 2.05) is 0 Å². The van der Waals surface area contributed by atoms with Crippen molar-refractivity contribution in [2.45, 2.75) is 5.41 Å². The van der Waals surface area contributed by atoms with E-state index in [9.17, 15) is 0 Å². The highest BCUT2D eigenvalue weighted by atomic mass is 15.3. The minimum atomic E-state index is -0.165. The molecule has 0 saturated carbocycles. The number of nitrogens with zero attached hydrogens (tertiary/aromatic N) is 1. The van der Waals surface area contributed by atoms with Gasteiger partial charge in [0, 0.05) is 0 Å². The second-order valence-corrected chi connectivity index (χ2v) is 7.45. The van der Waals surface area contributed by atoms with Gasteiger partial charge in [-0.15, -0.1) is 0 Å². The average molecular weight is 316 g/mol. The van der Waals surface area contributed by atoms with Crippen LogP contribution < -0.4 is 0 Å². The molecule has 0 aromatic heterocycles. The van der Waals surface area contributed by atoms with E-state index in [4.69, 9.17) is 0 Å². The van der Waals surface area contributed by atoms with Crippen LogP contribution in [0.3, 0.4) is 0 Å². The zero-order valence-corrected chi connectivity index (χ0v) is 14.8. The molecule has 24 heavy (non-hydrogen) atoms. The fraction of sp³-hybridized carbons (Fsp3) is 0.217. The van der Waals surface area contributed by atoms with Crippen molar-refractivity contribution >= 4 is 0 Å². The summed E-state index contributed by atoms with van der Waals surface area (Å²) in [6.07, 6.45) is 0. The Hall–Kier alpha value is -2.38. The zero-order valence-electron chi connectivity index (χ0n) is 14.8. The molecule has 1 nitrogen and oxygen atoms in total. The zero-order chi connectivity index (χ0) is 17.0. The summed E-state index contributed by atoms with van der Waals surface area (Å²) in [5.74, 6) is 0. The van der Waals surface area contributed by atoms with Crippen LogP contribution in [0.2, 0.25) is 0 Å². The van der Waals surface area contributed by atoms with Gasteiger partial charge in [-0.3, -0.25) is 0 Å². The first-order valence-electron chi connectivity index (χ1n) is 8.49. The molecule has 3 aromatic carbocycles. The van der Waals surface area contributed by atoms with Crippen LogP contribution in [-0.2, 0) is 5.41 Å². The predicted octanol–water partition coefficient (Wildman–Crippen LogP) is 4.73. The maximum Gasteiger partial charge on any atom is 0.0961 e. The average Bonchev–Trinajstić information content (AvgIpc) is 2.61. The van der Waals surface area contributed by atoms with Crippen molar-refractivity contribution in [2.24, 2.45) is 0 Å². The first-order chi connectivity index (χ1) is 11.5. The second-order valence-electron chi connectivity index (χ2n) is 7.45. The molecule has 0 radical (unpaired) electrons. The molecule has 0 saturated heterocycles. The van der Waals surface area contributed by atoms with Crippen LogP contribution in [-0.4, -0.2) is 32.2 Å². The number of hydrogen-bond donors (Lipinski definition) is 0. The van der Waals surface area contributed by atoms with Gasteiger partial charge in [-0.25, -0.2) is 0 Å². The monoisotopic (exact) mass is 316 g/mol. The molecule has 0 aliphatic rings. The molecule has 1 heteroatoms. The highest BCUT2D eigenvalue weighted by molar-refractivity contribution is 5.50. The number of benzene rings is 3. The molecule has 122 valence electrons. The maximum absolute atomic E-state index is 2.27. The number of rotatable bonds is 5. The SMILES string of the molecule is C[N+](C)(C)CC(c1ccccc1)(c1ccccc1)c1ccccc1. The van der Waals surface area contributed by atoms with Gasteiger partial charge < -0.3 is 4.48 Å². The Labute approximate surface area is 145 Å². The Bertz CT molecular complexity index is 659. The minimum Gasteiger partial charge on any atom is -0.330 e. The highest BCUT2D eigenvalue weighted by Gasteiger charge is 2.41. The van der Waals surface area contributed by atoms with Gasteiger partial charge in [-0.1, -0.05) is 91.0 Å². The Balaban J connectivity index is 2.33. The van der Waals surface area contributed by atoms with Gasteiger partial charge in [0.15, 0.2) is 0 Å². The van der Waals surface area contributed by atoms with Crippen molar-refractivity contribution in [1.82, 2.24) is 0 Å². The molecule has 0 heterocycles. The summed E-state index contributed by atoms with van der Waals surface area (Å²) in [5, 5.41) is 0. The third kappa shape index (κ3) is 3.27. The third-order valence-electron chi connectivity index (χ3n) is 4.51. The Kier molecular flexibility index (Phi) is 4.55. The molecule has 0 spiro atoms. The Morgan fingerprint density at radius 2 is 0.833 bits per heavy atom. The van der Waals surface area contributed by atoms with Crippen LogP contribution in [0.1, 0.15) is 16.7 Å². The third-order valence-corrected chi connectivity index (χ3v) is 4.51. The van der Waals surface area contributed by atoms with Crippen molar-refractivity contribution in [3.8, 4) is 0 Å². The summed E-state index contributed by atoms with van der Waals surface area (Å²) in [6, 6.07) is 32.7. The van der Waals surface area contributed by atoms with E-state index in [0.717, 1.165) is 11.0 Å². The molecule has 3 aromatic rings. The van der Waals surface area contributed by atoms with Crippen molar-refractivity contribution in [3.63, 3.8) is 0 Å². The standard InChI is InChI=1S/C23H26N/c1-24(2,3)19-23(20-13-7-4-8-14-20,21-15-9-5-10-16-21)22-17-11-6-12-18-22/h4-18H,19H2,1-3H3/q+1. The lowest BCUT2D eigenvalue weighted by Gasteiger charge is -2.41. The lowest BCUT2D eigenvalue weighted by molar-refractivity contribution is -0.873. The Morgan fingerprint density at radius 1 is 0.542 bits per heavy atom. The van der Waals surface area contributed by atoms with E-state index in [1.165, 1.54) is 16.7 Å². The van der Waals surface area contributed by atoms with Crippen molar-refractivity contribution in [2.75, 3.05) is 27.7 Å². The molecular weight excluding hydrogens is 290 g/mol. The fourth-order valence-electron chi connectivity index (χ4n) is 3.65. The van der Waals surface area contributed by atoms with Gasteiger partial charge in [0.25, 0.3) is 0 Å². The van der Waals surface area contributed by atoms with Crippen molar-refractivity contribution < 1.29 is 4.48 Å². The quantitative estimate of drug-likeness (QED) is 0.472. The van der Waals surface area contributed by atoms with Gasteiger partial charge in [0.2, 0.25) is 0 Å². The summed E-state index contributed by atoms with van der Waals surface area (Å²) in [5.41, 5.74) is 3.86. The normalized spacial score (nSPS) is 12.1. The molecule has 0 fully saturated rings. The minimum absolute atomic E-state index is 0.165. The summed E-state index contributed by atoms with van der Waals surface area (Å²) in [6.45, 7) is 0.991. The summed E-state index contributed by atoms with van der Waals surface area (Å²) >= 11 is 0. The first-order valence-corrected chi connectivity index (χ1v) is 8.49. The van der Waals surface area contributed by atoms with Crippen LogP contribution in [0.25, 0.3) is 0 Å². The van der Waals surface area contributed by atoms with E-state index in [0.29, 0.717) is 0 Å². The van der Waals surface area contributed by atoms with Crippen LogP contribution in [0.15, 0.2) is 91.0 Å². The van der Waals surface area contributed by atoms with E-state index in [2.05, 4.69) is 112 Å². The number of likely N-dealkylation sites (N-methyl/N-ethyl adjacent to an activating group) is 1. The molecule has 0 bridgehead atoms. The van der Waals surface area contributed by atoms with E-state index < -0.39 is 0 Å². The van der Waals surface area contributed by atoms with Gasteiger partial charge >= 0.3 is 0 Å².